The van der Waals surface area contributed by atoms with Crippen molar-refractivity contribution in [3.05, 3.63) is 65.2 Å². The molecular weight excluding hydrogens is 393 g/mol. The van der Waals surface area contributed by atoms with E-state index in [4.69, 9.17) is 16.3 Å². The second-order valence-corrected chi connectivity index (χ2v) is 7.69. The molecule has 0 saturated heterocycles. The topological polar surface area (TPSA) is 81.2 Å². The molecule has 140 valence electrons. The molecule has 1 N–H and O–H groups in total. The highest BCUT2D eigenvalue weighted by Crippen LogP contribution is 2.28. The average molecular weight is 408 g/mol. The first-order valence-corrected chi connectivity index (χ1v) is 9.62. The number of nitrogens with one attached hydrogen (secondary N) is 1. The van der Waals surface area contributed by atoms with Crippen molar-refractivity contribution in [2.24, 2.45) is 0 Å². The van der Waals surface area contributed by atoms with Gasteiger partial charge in [0.2, 0.25) is 0 Å². The number of hydrogen-bond acceptors (Lipinski definition) is 5. The van der Waals surface area contributed by atoms with E-state index in [1.165, 1.54) is 38.6 Å². The van der Waals surface area contributed by atoms with Crippen molar-refractivity contribution < 1.29 is 17.5 Å². The molecule has 6 nitrogen and oxygen atoms in total. The van der Waals surface area contributed by atoms with Gasteiger partial charge < -0.3 is 4.74 Å². The Morgan fingerprint density at radius 1 is 1.11 bits per heavy atom. The van der Waals surface area contributed by atoms with E-state index in [0.717, 1.165) is 5.56 Å². The third-order valence-electron chi connectivity index (χ3n) is 3.86. The number of halogens is 2. The normalized spacial score (nSPS) is 11.3. The van der Waals surface area contributed by atoms with E-state index in [1.54, 1.807) is 24.3 Å². The average Bonchev–Trinajstić information content (AvgIpc) is 2.64. The van der Waals surface area contributed by atoms with Gasteiger partial charge in [0.25, 0.3) is 10.0 Å². The molecule has 0 bridgehead atoms. The molecule has 0 aliphatic heterocycles. The molecule has 0 spiro atoms. The molecule has 0 saturated carbocycles. The van der Waals surface area contributed by atoms with Crippen LogP contribution in [0.25, 0.3) is 11.3 Å². The fraction of sp³-hybridized carbons (Fsp3) is 0.111. The highest BCUT2D eigenvalue weighted by atomic mass is 35.5. The predicted octanol–water partition coefficient (Wildman–Crippen LogP) is 4.05. The molecule has 1 heterocycles. The summed E-state index contributed by atoms with van der Waals surface area (Å²) in [5.41, 5.74) is 1.21. The fourth-order valence-corrected chi connectivity index (χ4v) is 3.84. The lowest BCUT2D eigenvalue weighted by Crippen LogP contribution is -2.16. The number of ether oxygens (including phenoxy) is 1. The van der Waals surface area contributed by atoms with Gasteiger partial charge in [0.15, 0.2) is 11.6 Å². The Morgan fingerprint density at radius 3 is 2.48 bits per heavy atom. The van der Waals surface area contributed by atoms with Crippen LogP contribution in [0.4, 0.5) is 10.2 Å². The van der Waals surface area contributed by atoms with Crippen LogP contribution in [0.1, 0.15) is 5.56 Å². The van der Waals surface area contributed by atoms with Crippen LogP contribution in [0.15, 0.2) is 53.7 Å². The molecule has 0 unspecified atom stereocenters. The third-order valence-corrected chi connectivity index (χ3v) is 5.61. The molecule has 0 amide bonds. The number of benzene rings is 2. The van der Waals surface area contributed by atoms with E-state index < -0.39 is 15.8 Å². The van der Waals surface area contributed by atoms with Crippen molar-refractivity contribution in [2.75, 3.05) is 11.8 Å². The molecule has 9 heteroatoms. The van der Waals surface area contributed by atoms with Gasteiger partial charge in [-0.15, -0.1) is 0 Å². The van der Waals surface area contributed by atoms with Crippen molar-refractivity contribution in [3.63, 3.8) is 0 Å². The summed E-state index contributed by atoms with van der Waals surface area (Å²) in [5.74, 6) is -0.700. The molecule has 0 aliphatic rings. The first-order chi connectivity index (χ1) is 12.8. The minimum absolute atomic E-state index is 0.0292. The molecule has 0 atom stereocenters. The van der Waals surface area contributed by atoms with Crippen LogP contribution in [-0.2, 0) is 10.0 Å². The molecule has 0 aliphatic carbocycles. The molecule has 3 rings (SSSR count). The maximum absolute atomic E-state index is 14.2. The minimum atomic E-state index is -4.05. The Kier molecular flexibility index (Phi) is 5.29. The number of rotatable bonds is 5. The Hall–Kier alpha value is -2.71. The van der Waals surface area contributed by atoms with Crippen LogP contribution in [0.2, 0.25) is 5.02 Å². The first kappa shape index (κ1) is 19.1. The Morgan fingerprint density at radius 2 is 1.81 bits per heavy atom. The van der Waals surface area contributed by atoms with Crippen molar-refractivity contribution in [3.8, 4) is 17.0 Å². The number of aromatic nitrogens is 2. The summed E-state index contributed by atoms with van der Waals surface area (Å²) >= 11 is 5.87. The zero-order valence-electron chi connectivity index (χ0n) is 14.4. The molecular formula is C18H15ClFN3O3S. The molecule has 0 radical (unpaired) electrons. The number of anilines is 1. The van der Waals surface area contributed by atoms with Gasteiger partial charge in [0.1, 0.15) is 12.1 Å². The van der Waals surface area contributed by atoms with Crippen LogP contribution < -0.4 is 9.46 Å². The van der Waals surface area contributed by atoms with Crippen molar-refractivity contribution in [1.29, 1.82) is 0 Å². The maximum atomic E-state index is 14.2. The van der Waals surface area contributed by atoms with Crippen LogP contribution in [-0.4, -0.2) is 25.5 Å². The summed E-state index contributed by atoms with van der Waals surface area (Å²) < 4.78 is 46.8. The lowest BCUT2D eigenvalue weighted by atomic mass is 10.1. The van der Waals surface area contributed by atoms with E-state index in [0.29, 0.717) is 10.7 Å². The van der Waals surface area contributed by atoms with Crippen LogP contribution in [0, 0.1) is 12.7 Å². The summed E-state index contributed by atoms with van der Waals surface area (Å²) in [5, 5.41) is 0.575. The highest BCUT2D eigenvalue weighted by molar-refractivity contribution is 7.92. The molecule has 2 aromatic carbocycles. The van der Waals surface area contributed by atoms with Gasteiger partial charge >= 0.3 is 0 Å². The molecule has 1 aromatic heterocycles. The second kappa shape index (κ2) is 7.50. The van der Waals surface area contributed by atoms with Gasteiger partial charge in [-0.05, 0) is 31.2 Å². The van der Waals surface area contributed by atoms with E-state index in [9.17, 15) is 12.8 Å². The number of sulfonamides is 1. The summed E-state index contributed by atoms with van der Waals surface area (Å²) in [7, 11) is -2.75. The number of methoxy groups -OCH3 is 1. The van der Waals surface area contributed by atoms with Gasteiger partial charge in [-0.1, -0.05) is 23.7 Å². The fourth-order valence-electron chi connectivity index (χ4n) is 2.48. The van der Waals surface area contributed by atoms with Gasteiger partial charge in [0.05, 0.1) is 17.7 Å². The van der Waals surface area contributed by atoms with Gasteiger partial charge in [0, 0.05) is 22.2 Å². The summed E-state index contributed by atoms with van der Waals surface area (Å²) in [6.07, 6.45) is 1.24. The summed E-state index contributed by atoms with van der Waals surface area (Å²) in [6.45, 7) is 1.37. The highest BCUT2D eigenvalue weighted by Gasteiger charge is 2.22. The second-order valence-electron chi connectivity index (χ2n) is 5.61. The lowest BCUT2D eigenvalue weighted by Gasteiger charge is -2.12. The van der Waals surface area contributed by atoms with Gasteiger partial charge in [-0.2, -0.15) is 0 Å². The lowest BCUT2D eigenvalue weighted by molar-refractivity contribution is 0.384. The largest absolute Gasteiger partial charge is 0.494 e. The zero-order chi connectivity index (χ0) is 19.6. The van der Waals surface area contributed by atoms with E-state index >= 15 is 0 Å². The van der Waals surface area contributed by atoms with Gasteiger partial charge in [-0.3, -0.25) is 4.72 Å². The van der Waals surface area contributed by atoms with Crippen LogP contribution >= 0.6 is 11.6 Å². The summed E-state index contributed by atoms with van der Waals surface area (Å²) in [4.78, 5) is 7.86. The number of nitrogens with zero attached hydrogens (tertiary/aromatic N) is 2. The monoisotopic (exact) mass is 407 g/mol. The van der Waals surface area contributed by atoms with Crippen molar-refractivity contribution in [2.45, 2.75) is 11.8 Å². The third kappa shape index (κ3) is 4.01. The predicted molar refractivity (Wildman–Crippen MR) is 101 cm³/mol. The Bertz CT molecular complexity index is 1090. The van der Waals surface area contributed by atoms with Crippen LogP contribution in [0.5, 0.6) is 5.75 Å². The smallest absolute Gasteiger partial charge is 0.263 e. The van der Waals surface area contributed by atoms with E-state index in [1.807, 2.05) is 0 Å². The summed E-state index contributed by atoms with van der Waals surface area (Å²) in [6, 6.07) is 10.9. The molecule has 27 heavy (non-hydrogen) atoms. The maximum Gasteiger partial charge on any atom is 0.263 e. The standard InChI is InChI=1S/C18H15ClFN3O3S/c1-11-16(8-7-15(26-2)18(11)20)27(24,25)23-17-9-14(21-10-22-17)12-3-5-13(19)6-4-12/h3-10H,1-2H3,(H,21,22,23). The SMILES string of the molecule is COc1ccc(S(=O)(=O)Nc2cc(-c3ccc(Cl)cc3)ncn2)c(C)c1F. The Labute approximate surface area is 161 Å². The minimum Gasteiger partial charge on any atom is -0.494 e. The van der Waals surface area contributed by atoms with Crippen LogP contribution in [0.3, 0.4) is 0 Å². The first-order valence-electron chi connectivity index (χ1n) is 7.75. The van der Waals surface area contributed by atoms with Crippen molar-refractivity contribution in [1.82, 2.24) is 9.97 Å². The number of hydrogen-bond donors (Lipinski definition) is 1. The Balaban J connectivity index is 1.94. The quantitative estimate of drug-likeness (QED) is 0.689. The molecule has 3 aromatic rings. The van der Waals surface area contributed by atoms with Crippen molar-refractivity contribution >= 4 is 27.4 Å². The molecule has 0 fully saturated rings. The van der Waals surface area contributed by atoms with Gasteiger partial charge in [-0.25, -0.2) is 22.8 Å². The van der Waals surface area contributed by atoms with E-state index in [-0.39, 0.29) is 22.0 Å². The zero-order valence-corrected chi connectivity index (χ0v) is 16.0. The van der Waals surface area contributed by atoms with E-state index in [2.05, 4.69) is 14.7 Å².